The first-order chi connectivity index (χ1) is 20.8. The molecule has 0 bridgehead atoms. The maximum absolute atomic E-state index is 14.2. The molecule has 1 aromatic heterocycles. The van der Waals surface area contributed by atoms with Crippen molar-refractivity contribution in [3.8, 4) is 22.5 Å². The molecule has 1 heterocycles. The summed E-state index contributed by atoms with van der Waals surface area (Å²) in [4.78, 5) is 14.2. The lowest BCUT2D eigenvalue weighted by Gasteiger charge is -2.17. The molecule has 0 spiro atoms. The van der Waals surface area contributed by atoms with Gasteiger partial charge in [0.25, 0.3) is 0 Å². The Morgan fingerprint density at radius 1 is 0.381 bits per heavy atom. The van der Waals surface area contributed by atoms with Crippen molar-refractivity contribution in [1.29, 1.82) is 0 Å². The highest BCUT2D eigenvalue weighted by molar-refractivity contribution is 6.26. The number of hydrogen-bond acceptors (Lipinski definition) is 1. The summed E-state index contributed by atoms with van der Waals surface area (Å²) in [6.45, 7) is 0. The first-order valence-electron chi connectivity index (χ1n) is 14.2. The molecule has 9 rings (SSSR count). The molecule has 3 heteroatoms. The molecule has 0 saturated heterocycles. The molecule has 0 atom stereocenters. The van der Waals surface area contributed by atoms with Crippen LogP contribution < -0.4 is 5.69 Å². The van der Waals surface area contributed by atoms with E-state index in [0.717, 1.165) is 38.7 Å². The Morgan fingerprint density at radius 3 is 1.74 bits per heavy atom. The molecule has 0 unspecified atom stereocenters. The third-order valence-electron chi connectivity index (χ3n) is 8.72. The van der Waals surface area contributed by atoms with Gasteiger partial charge in [-0.05, 0) is 79.2 Å². The highest BCUT2D eigenvalue weighted by Gasteiger charge is 2.19. The van der Waals surface area contributed by atoms with Gasteiger partial charge < -0.3 is 0 Å². The maximum atomic E-state index is 14.2. The lowest BCUT2D eigenvalue weighted by molar-refractivity contribution is 0.935. The van der Waals surface area contributed by atoms with Crippen molar-refractivity contribution in [2.45, 2.75) is 0 Å². The van der Waals surface area contributed by atoms with E-state index in [-0.39, 0.29) is 5.69 Å². The summed E-state index contributed by atoms with van der Waals surface area (Å²) in [5, 5.41) is 9.79. The van der Waals surface area contributed by atoms with Crippen molar-refractivity contribution in [2.75, 3.05) is 0 Å². The summed E-state index contributed by atoms with van der Waals surface area (Å²) in [6.07, 6.45) is 0. The smallest absolute Gasteiger partial charge is 0.260 e. The molecule has 0 aliphatic rings. The van der Waals surface area contributed by atoms with Crippen LogP contribution in [0.1, 0.15) is 0 Å². The van der Waals surface area contributed by atoms with Gasteiger partial charge in [0.15, 0.2) is 0 Å². The van der Waals surface area contributed by atoms with Crippen LogP contribution in [-0.4, -0.2) is 9.13 Å². The van der Waals surface area contributed by atoms with Gasteiger partial charge in [-0.25, -0.2) is 4.79 Å². The summed E-state index contributed by atoms with van der Waals surface area (Å²) < 4.78 is 3.66. The van der Waals surface area contributed by atoms with Gasteiger partial charge in [0.1, 0.15) is 0 Å². The van der Waals surface area contributed by atoms with Crippen molar-refractivity contribution in [1.82, 2.24) is 9.13 Å². The zero-order valence-corrected chi connectivity index (χ0v) is 22.7. The van der Waals surface area contributed by atoms with Gasteiger partial charge in [0.05, 0.1) is 22.4 Å². The normalized spacial score (nSPS) is 11.9. The van der Waals surface area contributed by atoms with Crippen LogP contribution in [0.3, 0.4) is 0 Å². The first-order valence-corrected chi connectivity index (χ1v) is 14.2. The molecule has 0 saturated carbocycles. The third kappa shape index (κ3) is 3.13. The van der Waals surface area contributed by atoms with Crippen LogP contribution in [0.5, 0.6) is 0 Å². The summed E-state index contributed by atoms with van der Waals surface area (Å²) >= 11 is 0. The number of imidazole rings is 1. The van der Waals surface area contributed by atoms with Gasteiger partial charge in [-0.15, -0.1) is 0 Å². The van der Waals surface area contributed by atoms with E-state index < -0.39 is 0 Å². The summed E-state index contributed by atoms with van der Waals surface area (Å²) in [7, 11) is 0. The number of rotatable bonds is 3. The predicted octanol–water partition coefficient (Wildman–Crippen LogP) is 9.50. The average molecular weight is 537 g/mol. The largest absolute Gasteiger partial charge is 0.338 e. The Balaban J connectivity index is 1.34. The molecule has 0 aliphatic carbocycles. The molecule has 0 N–H and O–H groups in total. The Labute approximate surface area is 241 Å². The Morgan fingerprint density at radius 2 is 0.952 bits per heavy atom. The lowest BCUT2D eigenvalue weighted by Crippen LogP contribution is -2.22. The average Bonchev–Trinajstić information content (AvgIpc) is 3.35. The summed E-state index contributed by atoms with van der Waals surface area (Å²) in [6, 6.07) is 50.6. The van der Waals surface area contributed by atoms with Crippen LogP contribution in [0.2, 0.25) is 0 Å². The first kappa shape index (κ1) is 23.1. The molecule has 0 aliphatic heterocycles. The summed E-state index contributed by atoms with van der Waals surface area (Å²) in [5.74, 6) is 0. The fourth-order valence-electron chi connectivity index (χ4n) is 6.89. The number of fused-ring (bicyclic) bond motifs is 2. The second kappa shape index (κ2) is 8.66. The number of para-hydroxylation sites is 3. The molecule has 3 nitrogen and oxygen atoms in total. The van der Waals surface area contributed by atoms with Crippen LogP contribution in [-0.2, 0) is 0 Å². The molecule has 0 radical (unpaired) electrons. The Bertz CT molecular complexity index is 2520. The fourth-order valence-corrected chi connectivity index (χ4v) is 6.89. The molecule has 9 aromatic rings. The zero-order chi connectivity index (χ0) is 27.8. The predicted molar refractivity (Wildman–Crippen MR) is 176 cm³/mol. The van der Waals surface area contributed by atoms with Crippen LogP contribution in [0, 0.1) is 0 Å². The molecular formula is C39H24N2O. The number of aromatic nitrogens is 2. The second-order valence-electron chi connectivity index (χ2n) is 10.9. The van der Waals surface area contributed by atoms with Crippen molar-refractivity contribution in [3.05, 3.63) is 156 Å². The quantitative estimate of drug-likeness (QED) is 0.207. The van der Waals surface area contributed by atoms with E-state index in [2.05, 4.69) is 91.0 Å². The summed E-state index contributed by atoms with van der Waals surface area (Å²) in [5.41, 5.74) is 5.77. The van der Waals surface area contributed by atoms with Gasteiger partial charge in [0, 0.05) is 5.39 Å². The monoisotopic (exact) mass is 536 g/mol. The van der Waals surface area contributed by atoms with Gasteiger partial charge in [-0.2, -0.15) is 0 Å². The van der Waals surface area contributed by atoms with Crippen LogP contribution in [0.15, 0.2) is 150 Å². The minimum absolute atomic E-state index is 0.0805. The standard InChI is InChI=1S/C39H24N2O/c42-39-40(28-11-2-1-3-12-28)35-15-6-7-16-36(35)41(39)34-24-23-30(29-13-4-5-14-32(29)34)31-21-19-27-18-17-25-9-8-10-26-20-22-33(31)38(27)37(25)26/h1-24H. The lowest BCUT2D eigenvalue weighted by atomic mass is 9.88. The number of nitrogens with zero attached hydrogens (tertiary/aromatic N) is 2. The number of hydrogen-bond donors (Lipinski definition) is 0. The molecule has 42 heavy (non-hydrogen) atoms. The van der Waals surface area contributed by atoms with Crippen LogP contribution >= 0.6 is 0 Å². The van der Waals surface area contributed by atoms with Gasteiger partial charge in [0.2, 0.25) is 0 Å². The van der Waals surface area contributed by atoms with Crippen LogP contribution in [0.4, 0.5) is 0 Å². The minimum atomic E-state index is -0.0805. The molecule has 8 aromatic carbocycles. The van der Waals surface area contributed by atoms with Crippen molar-refractivity contribution < 1.29 is 0 Å². The van der Waals surface area contributed by atoms with Crippen molar-refractivity contribution >= 4 is 54.1 Å². The highest BCUT2D eigenvalue weighted by atomic mass is 16.1. The minimum Gasteiger partial charge on any atom is -0.260 e. The van der Waals surface area contributed by atoms with Gasteiger partial charge in [-0.1, -0.05) is 115 Å². The molecular weight excluding hydrogens is 512 g/mol. The molecule has 0 fully saturated rings. The Kier molecular flexibility index (Phi) is 4.76. The molecule has 196 valence electrons. The topological polar surface area (TPSA) is 26.9 Å². The van der Waals surface area contributed by atoms with E-state index in [4.69, 9.17) is 0 Å². The van der Waals surface area contributed by atoms with E-state index in [1.54, 1.807) is 4.57 Å². The van der Waals surface area contributed by atoms with E-state index in [0.29, 0.717) is 0 Å². The van der Waals surface area contributed by atoms with Crippen molar-refractivity contribution in [2.24, 2.45) is 0 Å². The van der Waals surface area contributed by atoms with Crippen LogP contribution in [0.25, 0.3) is 76.6 Å². The zero-order valence-electron chi connectivity index (χ0n) is 22.7. The van der Waals surface area contributed by atoms with E-state index >= 15 is 0 Å². The third-order valence-corrected chi connectivity index (χ3v) is 8.72. The van der Waals surface area contributed by atoms with Gasteiger partial charge in [-0.3, -0.25) is 9.13 Å². The van der Waals surface area contributed by atoms with E-state index in [1.807, 2.05) is 59.2 Å². The van der Waals surface area contributed by atoms with Crippen molar-refractivity contribution in [3.63, 3.8) is 0 Å². The maximum Gasteiger partial charge on any atom is 0.338 e. The SMILES string of the molecule is O=c1n(-c2ccccc2)c2ccccc2n1-c1ccc(-c2ccc3ccc4cccc5ccc2c3c45)c2ccccc12. The molecule has 0 amide bonds. The van der Waals surface area contributed by atoms with E-state index in [9.17, 15) is 4.79 Å². The van der Waals surface area contributed by atoms with Gasteiger partial charge >= 0.3 is 5.69 Å². The fraction of sp³-hybridized carbons (Fsp3) is 0. The second-order valence-corrected chi connectivity index (χ2v) is 10.9. The Hall–Kier alpha value is -5.67. The number of benzene rings is 8. The highest BCUT2D eigenvalue weighted by Crippen LogP contribution is 2.42. The van der Waals surface area contributed by atoms with E-state index in [1.165, 1.54) is 37.9 Å².